The van der Waals surface area contributed by atoms with Gasteiger partial charge in [0, 0.05) is 17.9 Å². The molecule has 0 bridgehead atoms. The van der Waals surface area contributed by atoms with Gasteiger partial charge in [-0.05, 0) is 18.2 Å². The van der Waals surface area contributed by atoms with Crippen LogP contribution in [0.2, 0.25) is 5.02 Å². The second-order valence-corrected chi connectivity index (χ2v) is 5.57. The van der Waals surface area contributed by atoms with E-state index in [0.29, 0.717) is 28.7 Å². The predicted octanol–water partition coefficient (Wildman–Crippen LogP) is 3.32. The van der Waals surface area contributed by atoms with E-state index in [1.54, 1.807) is 25.2 Å². The molecule has 0 saturated heterocycles. The molecule has 0 N–H and O–H groups in total. The van der Waals surface area contributed by atoms with Crippen molar-refractivity contribution >= 4 is 33.4 Å². The summed E-state index contributed by atoms with van der Waals surface area (Å²) in [4.78, 5) is 18.0. The molecular formula is C13H13BrClN3O2. The molecule has 0 aliphatic rings. The molecule has 0 fully saturated rings. The molecule has 0 aliphatic carbocycles. The summed E-state index contributed by atoms with van der Waals surface area (Å²) >= 11 is 9.37. The van der Waals surface area contributed by atoms with Crippen LogP contribution >= 0.6 is 27.5 Å². The quantitative estimate of drug-likeness (QED) is 0.841. The van der Waals surface area contributed by atoms with Gasteiger partial charge >= 0.3 is 0 Å². The number of hydrogen-bond donors (Lipinski definition) is 0. The van der Waals surface area contributed by atoms with Gasteiger partial charge in [-0.25, -0.2) is 0 Å². The maximum absolute atomic E-state index is 12.3. The molecule has 106 valence electrons. The molecule has 1 amide bonds. The van der Waals surface area contributed by atoms with Gasteiger partial charge in [-0.15, -0.1) is 0 Å². The summed E-state index contributed by atoms with van der Waals surface area (Å²) in [5.74, 6) is 0.840. The molecule has 0 unspecified atom stereocenters. The highest BCUT2D eigenvalue weighted by atomic mass is 79.9. The second-order valence-electron chi connectivity index (χ2n) is 4.24. The van der Waals surface area contributed by atoms with E-state index in [2.05, 4.69) is 26.1 Å². The number of hydrogen-bond acceptors (Lipinski definition) is 4. The van der Waals surface area contributed by atoms with Crippen molar-refractivity contribution in [1.82, 2.24) is 15.0 Å². The Morgan fingerprint density at radius 3 is 2.85 bits per heavy atom. The number of amides is 1. The van der Waals surface area contributed by atoms with Gasteiger partial charge in [0.05, 0.1) is 17.1 Å². The zero-order valence-electron chi connectivity index (χ0n) is 11.1. The lowest BCUT2D eigenvalue weighted by Gasteiger charge is -2.15. The van der Waals surface area contributed by atoms with Crippen LogP contribution in [0.4, 0.5) is 0 Å². The van der Waals surface area contributed by atoms with Crippen LogP contribution in [0, 0.1) is 0 Å². The number of rotatable bonds is 4. The van der Waals surface area contributed by atoms with E-state index in [1.807, 2.05) is 6.92 Å². The van der Waals surface area contributed by atoms with Gasteiger partial charge < -0.3 is 9.42 Å². The molecule has 0 atom stereocenters. The van der Waals surface area contributed by atoms with Crippen LogP contribution in [0.15, 0.2) is 27.2 Å². The van der Waals surface area contributed by atoms with E-state index in [0.717, 1.165) is 4.47 Å². The van der Waals surface area contributed by atoms with Crippen molar-refractivity contribution < 1.29 is 9.32 Å². The molecule has 0 saturated carbocycles. The largest absolute Gasteiger partial charge is 0.337 e. The fourth-order valence-corrected chi connectivity index (χ4v) is 2.40. The lowest BCUT2D eigenvalue weighted by Crippen LogP contribution is -2.26. The van der Waals surface area contributed by atoms with Crippen molar-refractivity contribution in [2.24, 2.45) is 0 Å². The summed E-state index contributed by atoms with van der Waals surface area (Å²) in [6, 6.07) is 5.13. The molecule has 2 rings (SSSR count). The average molecular weight is 359 g/mol. The van der Waals surface area contributed by atoms with E-state index in [9.17, 15) is 4.79 Å². The van der Waals surface area contributed by atoms with Gasteiger partial charge in [-0.1, -0.05) is 39.6 Å². The molecule has 2 aromatic rings. The van der Waals surface area contributed by atoms with Gasteiger partial charge in [0.15, 0.2) is 5.82 Å². The third-order valence-corrected chi connectivity index (χ3v) is 3.51. The van der Waals surface area contributed by atoms with Crippen LogP contribution in [0.3, 0.4) is 0 Å². The smallest absolute Gasteiger partial charge is 0.255 e. The van der Waals surface area contributed by atoms with Crippen molar-refractivity contribution in [1.29, 1.82) is 0 Å². The summed E-state index contributed by atoms with van der Waals surface area (Å²) in [5, 5.41) is 4.19. The van der Waals surface area contributed by atoms with Crippen molar-refractivity contribution in [2.45, 2.75) is 19.9 Å². The number of aromatic nitrogens is 2. The van der Waals surface area contributed by atoms with Crippen LogP contribution in [0.25, 0.3) is 0 Å². The minimum atomic E-state index is -0.196. The number of benzene rings is 1. The van der Waals surface area contributed by atoms with Crippen LogP contribution in [0.1, 0.15) is 29.0 Å². The van der Waals surface area contributed by atoms with Gasteiger partial charge in [0.2, 0.25) is 5.89 Å². The van der Waals surface area contributed by atoms with E-state index >= 15 is 0 Å². The first kappa shape index (κ1) is 15.0. The van der Waals surface area contributed by atoms with Crippen LogP contribution in [0.5, 0.6) is 0 Å². The van der Waals surface area contributed by atoms with Crippen molar-refractivity contribution in [3.05, 3.63) is 45.0 Å². The summed E-state index contributed by atoms with van der Waals surface area (Å²) in [5.41, 5.74) is 0.438. The predicted molar refractivity (Wildman–Crippen MR) is 78.6 cm³/mol. The fourth-order valence-electron chi connectivity index (χ4n) is 1.64. The van der Waals surface area contributed by atoms with Gasteiger partial charge in [0.25, 0.3) is 5.91 Å². The molecule has 0 aliphatic heterocycles. The molecule has 20 heavy (non-hydrogen) atoms. The average Bonchev–Trinajstić information content (AvgIpc) is 2.85. The highest BCUT2D eigenvalue weighted by Gasteiger charge is 2.17. The number of nitrogens with zero attached hydrogens (tertiary/aromatic N) is 3. The molecule has 0 spiro atoms. The van der Waals surface area contributed by atoms with Gasteiger partial charge in [-0.3, -0.25) is 4.79 Å². The Morgan fingerprint density at radius 2 is 2.25 bits per heavy atom. The van der Waals surface area contributed by atoms with Gasteiger partial charge in [-0.2, -0.15) is 4.98 Å². The molecular weight excluding hydrogens is 346 g/mol. The fraction of sp³-hybridized carbons (Fsp3) is 0.308. The van der Waals surface area contributed by atoms with E-state index < -0.39 is 0 Å². The van der Waals surface area contributed by atoms with E-state index in [4.69, 9.17) is 16.1 Å². The first-order chi connectivity index (χ1) is 9.51. The third-order valence-electron chi connectivity index (χ3n) is 2.71. The van der Waals surface area contributed by atoms with E-state index in [-0.39, 0.29) is 12.5 Å². The Bertz CT molecular complexity index is 630. The molecule has 1 aromatic heterocycles. The molecule has 0 radical (unpaired) electrons. The minimum Gasteiger partial charge on any atom is -0.337 e. The zero-order valence-corrected chi connectivity index (χ0v) is 13.4. The summed E-state index contributed by atoms with van der Waals surface area (Å²) in [7, 11) is 1.66. The summed E-state index contributed by atoms with van der Waals surface area (Å²) in [6.45, 7) is 2.18. The van der Waals surface area contributed by atoms with Crippen molar-refractivity contribution in [3.63, 3.8) is 0 Å². The standard InChI is InChI=1S/C13H13BrClN3O2/c1-3-11-16-12(20-17-11)7-18(2)13(19)9-5-4-8(14)6-10(9)15/h4-6H,3,7H2,1-2H3. The van der Waals surface area contributed by atoms with Crippen LogP contribution in [-0.2, 0) is 13.0 Å². The Balaban J connectivity index is 2.12. The highest BCUT2D eigenvalue weighted by molar-refractivity contribution is 9.10. The molecule has 5 nitrogen and oxygen atoms in total. The van der Waals surface area contributed by atoms with E-state index in [1.165, 1.54) is 4.90 Å². The first-order valence-electron chi connectivity index (χ1n) is 6.03. The van der Waals surface area contributed by atoms with Crippen LogP contribution in [-0.4, -0.2) is 28.0 Å². The lowest BCUT2D eigenvalue weighted by molar-refractivity contribution is 0.0769. The number of carbonyl (C=O) groups excluding carboxylic acids is 1. The second kappa shape index (κ2) is 6.37. The number of halogens is 2. The highest BCUT2D eigenvalue weighted by Crippen LogP contribution is 2.22. The third kappa shape index (κ3) is 3.37. The maximum Gasteiger partial charge on any atom is 0.255 e. The SMILES string of the molecule is CCc1noc(CN(C)C(=O)c2ccc(Br)cc2Cl)n1. The summed E-state index contributed by atoms with van der Waals surface area (Å²) < 4.78 is 5.89. The zero-order chi connectivity index (χ0) is 14.7. The molecule has 1 aromatic carbocycles. The van der Waals surface area contributed by atoms with Gasteiger partial charge in [0.1, 0.15) is 0 Å². The Kier molecular flexibility index (Phi) is 4.77. The van der Waals surface area contributed by atoms with Crippen molar-refractivity contribution in [2.75, 3.05) is 7.05 Å². The monoisotopic (exact) mass is 357 g/mol. The maximum atomic E-state index is 12.3. The number of carbonyl (C=O) groups is 1. The Morgan fingerprint density at radius 1 is 1.50 bits per heavy atom. The lowest BCUT2D eigenvalue weighted by atomic mass is 10.2. The number of aryl methyl sites for hydroxylation is 1. The first-order valence-corrected chi connectivity index (χ1v) is 7.20. The van der Waals surface area contributed by atoms with Crippen LogP contribution < -0.4 is 0 Å². The Labute approximate surface area is 130 Å². The Hall–Kier alpha value is -1.40. The van der Waals surface area contributed by atoms with Crippen molar-refractivity contribution in [3.8, 4) is 0 Å². The topological polar surface area (TPSA) is 59.2 Å². The molecule has 1 heterocycles. The molecule has 7 heteroatoms. The minimum absolute atomic E-state index is 0.196. The normalized spacial score (nSPS) is 10.6. The summed E-state index contributed by atoms with van der Waals surface area (Å²) in [6.07, 6.45) is 0.694.